The third-order valence-electron chi connectivity index (χ3n) is 3.94. The summed E-state index contributed by atoms with van der Waals surface area (Å²) in [5.74, 6) is -0.106. The molecule has 0 aromatic carbocycles. The van der Waals surface area contributed by atoms with Crippen molar-refractivity contribution in [3.63, 3.8) is 0 Å². The van der Waals surface area contributed by atoms with Gasteiger partial charge >= 0.3 is 6.09 Å². The summed E-state index contributed by atoms with van der Waals surface area (Å²) in [7, 11) is 0. The highest BCUT2D eigenvalue weighted by atomic mass is 35.5. The smallest absolute Gasteiger partial charge is 0.408 e. The summed E-state index contributed by atoms with van der Waals surface area (Å²) in [6.07, 6.45) is 2.44. The van der Waals surface area contributed by atoms with Crippen LogP contribution in [0.1, 0.15) is 25.8 Å². The molecule has 1 aromatic heterocycles. The number of ether oxygens (including phenoxy) is 1. The summed E-state index contributed by atoms with van der Waals surface area (Å²) >= 11 is 0. The summed E-state index contributed by atoms with van der Waals surface area (Å²) in [5, 5.41) is 18.2. The number of halogens is 2. The lowest BCUT2D eigenvalue weighted by atomic mass is 10.0. The molecule has 0 radical (unpaired) electrons. The van der Waals surface area contributed by atoms with Gasteiger partial charge in [-0.25, -0.2) is 4.79 Å². The number of aliphatic hydroxyl groups is 1. The number of carbonyl (C=O) groups excluding carboxylic acids is 2. The zero-order valence-electron chi connectivity index (χ0n) is 15.4. The summed E-state index contributed by atoms with van der Waals surface area (Å²) in [6, 6.07) is 2.44. The van der Waals surface area contributed by atoms with Crippen LogP contribution in [0.15, 0.2) is 24.5 Å². The van der Waals surface area contributed by atoms with Crippen LogP contribution in [-0.2, 0) is 16.1 Å². The van der Waals surface area contributed by atoms with Crippen molar-refractivity contribution in [2.45, 2.75) is 45.1 Å². The highest BCUT2D eigenvalue weighted by Crippen LogP contribution is 2.08. The van der Waals surface area contributed by atoms with Crippen LogP contribution in [0.3, 0.4) is 0 Å². The number of hydrogen-bond donors (Lipinski definition) is 4. The van der Waals surface area contributed by atoms with Crippen LogP contribution in [0, 0.1) is 5.92 Å². The Bertz CT molecular complexity index is 577. The number of nitrogens with one attached hydrogen (secondary N) is 3. The Hall–Kier alpha value is -1.61. The highest BCUT2D eigenvalue weighted by Gasteiger charge is 2.30. The van der Waals surface area contributed by atoms with Crippen LogP contribution in [0.4, 0.5) is 4.79 Å². The molecule has 0 bridgehead atoms. The van der Waals surface area contributed by atoms with Crippen LogP contribution in [0.25, 0.3) is 0 Å². The zero-order valence-corrected chi connectivity index (χ0v) is 17.0. The number of nitrogens with zero attached hydrogens (tertiary/aromatic N) is 1. The SMILES string of the molecule is CC(C)C[C@H](NC(=O)OCc1ccncc1)C(=O)NC1CNCC1O.Cl.Cl. The molecule has 27 heavy (non-hydrogen) atoms. The van der Waals surface area contributed by atoms with Crippen LogP contribution in [0.5, 0.6) is 0 Å². The lowest BCUT2D eigenvalue weighted by molar-refractivity contribution is -0.124. The van der Waals surface area contributed by atoms with Crippen molar-refractivity contribution in [2.75, 3.05) is 13.1 Å². The second-order valence-electron chi connectivity index (χ2n) is 6.60. The second-order valence-corrected chi connectivity index (χ2v) is 6.60. The van der Waals surface area contributed by atoms with E-state index in [9.17, 15) is 14.7 Å². The van der Waals surface area contributed by atoms with Crippen molar-refractivity contribution in [3.05, 3.63) is 30.1 Å². The molecule has 0 saturated carbocycles. The van der Waals surface area contributed by atoms with Crippen LogP contribution < -0.4 is 16.0 Å². The predicted octanol–water partition coefficient (Wildman–Crippen LogP) is 1.01. The zero-order chi connectivity index (χ0) is 18.2. The normalized spacial score (nSPS) is 19.4. The minimum atomic E-state index is -0.710. The first-order valence-electron chi connectivity index (χ1n) is 8.47. The van der Waals surface area contributed by atoms with Gasteiger partial charge in [-0.2, -0.15) is 0 Å². The minimum Gasteiger partial charge on any atom is -0.445 e. The van der Waals surface area contributed by atoms with Gasteiger partial charge in [0.1, 0.15) is 12.6 Å². The third-order valence-corrected chi connectivity index (χ3v) is 3.94. The standard InChI is InChI=1S/C17H26N4O4.2ClH/c1-11(2)7-13(16(23)20-14-8-19-9-15(14)22)21-17(24)25-10-12-3-5-18-6-4-12;;/h3-6,11,13-15,19,22H,7-10H2,1-2H3,(H,20,23)(H,21,24);2*1H/t13-,14?,15?;;/m0../s1. The largest absolute Gasteiger partial charge is 0.445 e. The van der Waals surface area contributed by atoms with Gasteiger partial charge in [0.25, 0.3) is 0 Å². The van der Waals surface area contributed by atoms with Crippen molar-refractivity contribution in [2.24, 2.45) is 5.92 Å². The van der Waals surface area contributed by atoms with E-state index in [2.05, 4.69) is 20.9 Å². The van der Waals surface area contributed by atoms with Gasteiger partial charge in [-0.1, -0.05) is 13.8 Å². The molecule has 0 aliphatic carbocycles. The Labute approximate surface area is 171 Å². The first-order chi connectivity index (χ1) is 12.0. The molecule has 0 spiro atoms. The van der Waals surface area contributed by atoms with Gasteiger partial charge in [-0.15, -0.1) is 24.8 Å². The number of carbonyl (C=O) groups is 2. The Morgan fingerprint density at radius 2 is 1.96 bits per heavy atom. The molecule has 8 nitrogen and oxygen atoms in total. The Balaban J connectivity index is 0.00000338. The van der Waals surface area contributed by atoms with Gasteiger partial charge in [0.2, 0.25) is 5.91 Å². The molecular weight excluding hydrogens is 395 g/mol. The van der Waals surface area contributed by atoms with E-state index >= 15 is 0 Å². The number of rotatable bonds is 7. The maximum Gasteiger partial charge on any atom is 0.408 e. The molecule has 2 unspecified atom stereocenters. The Kier molecular flexibility index (Phi) is 12.0. The van der Waals surface area contributed by atoms with E-state index in [-0.39, 0.29) is 49.3 Å². The summed E-state index contributed by atoms with van der Waals surface area (Å²) in [4.78, 5) is 28.4. The average molecular weight is 423 g/mol. The molecule has 4 N–H and O–H groups in total. The number of β-amino-alcohol motifs (C(OH)–C–C–N with tert-alkyl or cyclic N) is 1. The number of amides is 2. The quantitative estimate of drug-likeness (QED) is 0.521. The first-order valence-corrected chi connectivity index (χ1v) is 8.47. The summed E-state index contributed by atoms with van der Waals surface area (Å²) in [5.41, 5.74) is 0.815. The summed E-state index contributed by atoms with van der Waals surface area (Å²) in [6.45, 7) is 5.00. The van der Waals surface area contributed by atoms with Gasteiger partial charge in [0, 0.05) is 25.5 Å². The van der Waals surface area contributed by atoms with E-state index in [1.165, 1.54) is 0 Å². The fourth-order valence-corrected chi connectivity index (χ4v) is 2.61. The number of aromatic nitrogens is 1. The molecule has 2 amide bonds. The number of hydrogen-bond acceptors (Lipinski definition) is 6. The molecule has 3 atom stereocenters. The van der Waals surface area contributed by atoms with Crippen LogP contribution >= 0.6 is 24.8 Å². The maximum atomic E-state index is 12.5. The van der Waals surface area contributed by atoms with Gasteiger partial charge in [0.15, 0.2) is 0 Å². The fraction of sp³-hybridized carbons (Fsp3) is 0.588. The molecule has 10 heteroatoms. The van der Waals surface area contributed by atoms with Gasteiger partial charge < -0.3 is 25.8 Å². The maximum absolute atomic E-state index is 12.5. The van der Waals surface area contributed by atoms with Gasteiger partial charge in [-0.05, 0) is 30.0 Å². The first kappa shape index (κ1) is 25.4. The van der Waals surface area contributed by atoms with Crippen LogP contribution in [0.2, 0.25) is 0 Å². The van der Waals surface area contributed by atoms with E-state index in [0.717, 1.165) is 5.56 Å². The monoisotopic (exact) mass is 422 g/mol. The molecule has 1 aromatic rings. The highest BCUT2D eigenvalue weighted by molar-refractivity contribution is 5.86. The molecule has 1 saturated heterocycles. The lowest BCUT2D eigenvalue weighted by Crippen LogP contribution is -2.52. The topological polar surface area (TPSA) is 113 Å². The Morgan fingerprint density at radius 3 is 2.52 bits per heavy atom. The second kappa shape index (κ2) is 12.7. The van der Waals surface area contributed by atoms with Gasteiger partial charge in [0.05, 0.1) is 12.1 Å². The van der Waals surface area contributed by atoms with Crippen molar-refractivity contribution in [1.29, 1.82) is 0 Å². The van der Waals surface area contributed by atoms with E-state index < -0.39 is 18.2 Å². The molecule has 1 aliphatic heterocycles. The van der Waals surface area contributed by atoms with Crippen molar-refractivity contribution in [1.82, 2.24) is 20.9 Å². The number of pyridine rings is 1. The van der Waals surface area contributed by atoms with E-state index in [1.54, 1.807) is 24.5 Å². The molecule has 1 aliphatic rings. The molecule has 2 heterocycles. The van der Waals surface area contributed by atoms with Crippen LogP contribution in [-0.4, -0.2) is 53.4 Å². The van der Waals surface area contributed by atoms with E-state index in [1.807, 2.05) is 13.8 Å². The third kappa shape index (κ3) is 8.75. The molecule has 154 valence electrons. The fourth-order valence-electron chi connectivity index (χ4n) is 2.61. The molecule has 1 fully saturated rings. The van der Waals surface area contributed by atoms with E-state index in [0.29, 0.717) is 19.5 Å². The lowest BCUT2D eigenvalue weighted by Gasteiger charge is -2.23. The van der Waals surface area contributed by atoms with Crippen molar-refractivity contribution < 1.29 is 19.4 Å². The Morgan fingerprint density at radius 1 is 1.30 bits per heavy atom. The predicted molar refractivity (Wildman–Crippen MR) is 106 cm³/mol. The van der Waals surface area contributed by atoms with E-state index in [4.69, 9.17) is 4.74 Å². The summed E-state index contributed by atoms with van der Waals surface area (Å²) < 4.78 is 5.16. The average Bonchev–Trinajstić information content (AvgIpc) is 2.98. The van der Waals surface area contributed by atoms with Crippen molar-refractivity contribution >= 4 is 36.8 Å². The molecule has 2 rings (SSSR count). The minimum absolute atomic E-state index is 0. The van der Waals surface area contributed by atoms with Gasteiger partial charge in [-0.3, -0.25) is 9.78 Å². The molecular formula is C17H28Cl2N4O4. The number of aliphatic hydroxyl groups excluding tert-OH is 1. The number of alkyl carbamates (subject to hydrolysis) is 1. The van der Waals surface area contributed by atoms with Crippen molar-refractivity contribution in [3.8, 4) is 0 Å².